The highest BCUT2D eigenvalue weighted by Crippen LogP contribution is 2.34. The molecule has 0 heterocycles. The fraction of sp³-hybridized carbons (Fsp3) is 0.133. The van der Waals surface area contributed by atoms with Gasteiger partial charge in [0, 0.05) is 6.07 Å². The summed E-state index contributed by atoms with van der Waals surface area (Å²) in [5.41, 5.74) is 1.03. The lowest BCUT2D eigenvalue weighted by Gasteiger charge is -2.12. The maximum atomic E-state index is 12.2. The third-order valence-electron chi connectivity index (χ3n) is 2.58. The van der Waals surface area contributed by atoms with E-state index in [1.807, 2.05) is 12.1 Å². The van der Waals surface area contributed by atoms with Crippen molar-refractivity contribution in [1.29, 1.82) is 0 Å². The van der Waals surface area contributed by atoms with Crippen LogP contribution in [0.2, 0.25) is 5.02 Å². The summed E-state index contributed by atoms with van der Waals surface area (Å²) in [4.78, 5) is 0. The van der Waals surface area contributed by atoms with Crippen LogP contribution in [0.3, 0.4) is 0 Å². The molecule has 2 aromatic rings. The molecule has 21 heavy (non-hydrogen) atoms. The van der Waals surface area contributed by atoms with Gasteiger partial charge in [-0.1, -0.05) is 23.7 Å². The van der Waals surface area contributed by atoms with Crippen molar-refractivity contribution < 1.29 is 22.6 Å². The highest BCUT2D eigenvalue weighted by molar-refractivity contribution is 6.32. The van der Waals surface area contributed by atoms with Gasteiger partial charge in [0.2, 0.25) is 0 Å². The van der Waals surface area contributed by atoms with Gasteiger partial charge in [0.05, 0.1) is 5.02 Å². The maximum Gasteiger partial charge on any atom is 0.573 e. The number of hydrogen-bond donors (Lipinski definition) is 0. The summed E-state index contributed by atoms with van der Waals surface area (Å²) in [6.45, 7) is 3.75. The van der Waals surface area contributed by atoms with Gasteiger partial charge in [-0.3, -0.25) is 0 Å². The van der Waals surface area contributed by atoms with Crippen LogP contribution >= 0.6 is 11.6 Å². The molecule has 111 valence electrons. The molecule has 0 aromatic heterocycles. The number of ether oxygens (including phenoxy) is 2. The first-order valence-electron chi connectivity index (χ1n) is 5.99. The molecule has 0 bridgehead atoms. The highest BCUT2D eigenvalue weighted by atomic mass is 35.5. The van der Waals surface area contributed by atoms with Crippen LogP contribution in [0.25, 0.3) is 0 Å². The van der Waals surface area contributed by atoms with Gasteiger partial charge in [0.15, 0.2) is 5.75 Å². The molecule has 2 nitrogen and oxygen atoms in total. The number of alkyl halides is 3. The van der Waals surface area contributed by atoms with E-state index in [1.165, 1.54) is 12.1 Å². The van der Waals surface area contributed by atoms with E-state index in [9.17, 15) is 13.2 Å². The second-order valence-electron chi connectivity index (χ2n) is 4.14. The largest absolute Gasteiger partial charge is 0.573 e. The van der Waals surface area contributed by atoms with Crippen LogP contribution in [0.15, 0.2) is 42.5 Å². The van der Waals surface area contributed by atoms with Crippen molar-refractivity contribution >= 4 is 11.6 Å². The van der Waals surface area contributed by atoms with E-state index in [0.717, 1.165) is 11.6 Å². The average molecular weight is 316 g/mol. The summed E-state index contributed by atoms with van der Waals surface area (Å²) in [5, 5.41) is -0.146. The predicted octanol–water partition coefficient (Wildman–Crippen LogP) is 5.41. The Hall–Kier alpha value is -1.88. The summed E-state index contributed by atoms with van der Waals surface area (Å²) >= 11 is 5.66. The lowest BCUT2D eigenvalue weighted by molar-refractivity contribution is -0.274. The molecule has 0 saturated heterocycles. The fourth-order valence-corrected chi connectivity index (χ4v) is 1.77. The van der Waals surface area contributed by atoms with Crippen LogP contribution in [-0.2, 0) is 6.42 Å². The summed E-state index contributed by atoms with van der Waals surface area (Å²) < 4.78 is 46.0. The molecule has 0 aliphatic rings. The first-order chi connectivity index (χ1) is 9.87. The molecule has 2 rings (SSSR count). The Bertz CT molecular complexity index is 609. The van der Waals surface area contributed by atoms with Crippen molar-refractivity contribution in [2.45, 2.75) is 12.8 Å². The summed E-state index contributed by atoms with van der Waals surface area (Å²) in [7, 11) is 0. The Kier molecular flexibility index (Phi) is 4.63. The van der Waals surface area contributed by atoms with Crippen molar-refractivity contribution in [1.82, 2.24) is 0 Å². The van der Waals surface area contributed by atoms with Crippen LogP contribution < -0.4 is 9.47 Å². The molecule has 6 heteroatoms. The van der Waals surface area contributed by atoms with Crippen LogP contribution in [0.5, 0.6) is 17.2 Å². The lowest BCUT2D eigenvalue weighted by atomic mass is 10.2. The van der Waals surface area contributed by atoms with Gasteiger partial charge in [-0.25, -0.2) is 0 Å². The molecule has 0 atom stereocenters. The number of hydrogen-bond acceptors (Lipinski definition) is 2. The molecular weight excluding hydrogens is 305 g/mol. The molecule has 0 aliphatic heterocycles. The van der Waals surface area contributed by atoms with E-state index in [0.29, 0.717) is 12.2 Å². The molecule has 0 N–H and O–H groups in total. The Morgan fingerprint density at radius 2 is 1.62 bits per heavy atom. The fourth-order valence-electron chi connectivity index (χ4n) is 1.61. The third kappa shape index (κ3) is 4.56. The second-order valence-corrected chi connectivity index (χ2v) is 4.54. The normalized spacial score (nSPS) is 11.3. The molecule has 0 saturated carbocycles. The van der Waals surface area contributed by atoms with E-state index in [-0.39, 0.29) is 10.8 Å². The first-order valence-corrected chi connectivity index (χ1v) is 6.36. The molecule has 0 spiro atoms. The SMILES string of the molecule is [CH2]Cc1ccc(Oc2ccc(Cl)c(OC(F)(F)F)c2)cc1. The zero-order valence-corrected chi connectivity index (χ0v) is 11.5. The Morgan fingerprint density at radius 3 is 2.19 bits per heavy atom. The molecule has 0 unspecified atom stereocenters. The Balaban J connectivity index is 2.18. The van der Waals surface area contributed by atoms with Gasteiger partial charge in [0.25, 0.3) is 0 Å². The Labute approximate surface area is 125 Å². The quantitative estimate of drug-likeness (QED) is 0.751. The van der Waals surface area contributed by atoms with Gasteiger partial charge < -0.3 is 9.47 Å². The van der Waals surface area contributed by atoms with Crippen LogP contribution in [0.4, 0.5) is 13.2 Å². The van der Waals surface area contributed by atoms with Gasteiger partial charge in [-0.05, 0) is 43.2 Å². The first kappa shape index (κ1) is 15.5. The van der Waals surface area contributed by atoms with Crippen molar-refractivity contribution in [3.8, 4) is 17.2 Å². The van der Waals surface area contributed by atoms with Crippen molar-refractivity contribution in [3.63, 3.8) is 0 Å². The van der Waals surface area contributed by atoms with E-state index in [4.69, 9.17) is 16.3 Å². The van der Waals surface area contributed by atoms with Gasteiger partial charge in [0.1, 0.15) is 11.5 Å². The van der Waals surface area contributed by atoms with E-state index >= 15 is 0 Å². The van der Waals surface area contributed by atoms with Crippen molar-refractivity contribution in [2.75, 3.05) is 0 Å². The second kappa shape index (κ2) is 6.26. The maximum absolute atomic E-state index is 12.2. The molecule has 2 aromatic carbocycles. The minimum Gasteiger partial charge on any atom is -0.457 e. The van der Waals surface area contributed by atoms with Crippen LogP contribution in [0.1, 0.15) is 5.56 Å². The van der Waals surface area contributed by atoms with E-state index < -0.39 is 12.1 Å². The molecule has 0 aliphatic carbocycles. The van der Waals surface area contributed by atoms with Crippen LogP contribution in [0, 0.1) is 6.92 Å². The topological polar surface area (TPSA) is 18.5 Å². The molecule has 0 amide bonds. The number of benzene rings is 2. The average Bonchev–Trinajstić information content (AvgIpc) is 2.42. The van der Waals surface area contributed by atoms with Gasteiger partial charge in [-0.15, -0.1) is 13.2 Å². The predicted molar refractivity (Wildman–Crippen MR) is 73.7 cm³/mol. The summed E-state index contributed by atoms with van der Waals surface area (Å²) in [6, 6.07) is 10.9. The zero-order chi connectivity index (χ0) is 15.5. The zero-order valence-electron chi connectivity index (χ0n) is 10.8. The van der Waals surface area contributed by atoms with Crippen molar-refractivity contribution in [2.24, 2.45) is 0 Å². The van der Waals surface area contributed by atoms with E-state index in [1.54, 1.807) is 12.1 Å². The third-order valence-corrected chi connectivity index (χ3v) is 2.89. The standard InChI is InChI=1S/C15H11ClF3O2/c1-2-10-3-5-11(6-4-10)20-12-7-8-13(16)14(9-12)21-15(17,18)19/h3-9H,1-2H2. The monoisotopic (exact) mass is 315 g/mol. The minimum absolute atomic E-state index is 0.146. The number of halogens is 4. The lowest BCUT2D eigenvalue weighted by Crippen LogP contribution is -2.17. The highest BCUT2D eigenvalue weighted by Gasteiger charge is 2.32. The number of rotatable bonds is 4. The van der Waals surface area contributed by atoms with Crippen molar-refractivity contribution in [3.05, 3.63) is 60.0 Å². The Morgan fingerprint density at radius 1 is 1.00 bits per heavy atom. The van der Waals surface area contributed by atoms with Crippen LogP contribution in [-0.4, -0.2) is 6.36 Å². The summed E-state index contributed by atoms with van der Waals surface area (Å²) in [6.07, 6.45) is -4.16. The molecule has 0 fully saturated rings. The molecular formula is C15H11ClF3O2. The molecule has 1 radical (unpaired) electrons. The summed E-state index contributed by atoms with van der Waals surface area (Å²) in [5.74, 6) is 0.185. The minimum atomic E-state index is -4.81. The van der Waals surface area contributed by atoms with Gasteiger partial charge >= 0.3 is 6.36 Å². The van der Waals surface area contributed by atoms with E-state index in [2.05, 4.69) is 11.7 Å². The van der Waals surface area contributed by atoms with Gasteiger partial charge in [-0.2, -0.15) is 0 Å². The smallest absolute Gasteiger partial charge is 0.457 e.